The summed E-state index contributed by atoms with van der Waals surface area (Å²) in [6, 6.07) is 7.25. The number of carbonyl (C=O) groups is 2. The number of hydrogen-bond acceptors (Lipinski definition) is 2. The number of nitrogens with zero attached hydrogens (tertiary/aromatic N) is 1. The molecule has 1 saturated heterocycles. The van der Waals surface area contributed by atoms with Gasteiger partial charge in [-0.2, -0.15) is 0 Å². The molecule has 1 heterocycles. The van der Waals surface area contributed by atoms with E-state index in [0.29, 0.717) is 18.8 Å². The number of rotatable bonds is 3. The van der Waals surface area contributed by atoms with Gasteiger partial charge in [-0.1, -0.05) is 0 Å². The maximum Gasteiger partial charge on any atom is 0.227 e. The van der Waals surface area contributed by atoms with Crippen molar-refractivity contribution >= 4 is 34.8 Å². The molecule has 0 bridgehead atoms. The van der Waals surface area contributed by atoms with Crippen LogP contribution in [0.15, 0.2) is 24.3 Å². The van der Waals surface area contributed by atoms with Crippen LogP contribution in [0.2, 0.25) is 0 Å². The number of nitrogens with one attached hydrogen (secondary N) is 1. The Kier molecular flexibility index (Phi) is 3.87. The van der Waals surface area contributed by atoms with E-state index in [9.17, 15) is 9.59 Å². The predicted molar refractivity (Wildman–Crippen MR) is 71.9 cm³/mol. The third kappa shape index (κ3) is 2.82. The first-order valence-electron chi connectivity index (χ1n) is 5.84. The number of halogens is 1. The summed E-state index contributed by atoms with van der Waals surface area (Å²) < 4.78 is 0. The predicted octanol–water partition coefficient (Wildman–Crippen LogP) is 2.24. The second kappa shape index (κ2) is 5.40. The molecule has 0 aliphatic carbocycles. The monoisotopic (exact) mass is 266 g/mol. The summed E-state index contributed by atoms with van der Waals surface area (Å²) >= 11 is 5.78. The molecule has 1 aromatic carbocycles. The summed E-state index contributed by atoms with van der Waals surface area (Å²) in [5.74, 6) is 0.732. The van der Waals surface area contributed by atoms with Crippen molar-refractivity contribution in [2.45, 2.75) is 13.3 Å². The molecule has 1 unspecified atom stereocenters. The van der Waals surface area contributed by atoms with E-state index in [1.807, 2.05) is 12.1 Å². The van der Waals surface area contributed by atoms with Crippen LogP contribution in [0.5, 0.6) is 0 Å². The number of amides is 2. The first-order chi connectivity index (χ1) is 8.60. The van der Waals surface area contributed by atoms with Gasteiger partial charge in [0.05, 0.1) is 0 Å². The van der Waals surface area contributed by atoms with Crippen LogP contribution in [0.25, 0.3) is 0 Å². The average molecular weight is 267 g/mol. The lowest BCUT2D eigenvalue weighted by atomic mass is 10.1. The van der Waals surface area contributed by atoms with E-state index in [1.54, 1.807) is 17.0 Å². The third-order valence-corrected chi connectivity index (χ3v) is 3.36. The van der Waals surface area contributed by atoms with E-state index in [4.69, 9.17) is 11.6 Å². The molecule has 2 rings (SSSR count). The molecule has 1 atom stereocenters. The molecule has 1 aliphatic rings. The average Bonchev–Trinajstić information content (AvgIpc) is 2.71. The Hall–Kier alpha value is -1.55. The zero-order chi connectivity index (χ0) is 13.1. The fourth-order valence-corrected chi connectivity index (χ4v) is 2.27. The number of carbonyl (C=O) groups excluding carboxylic acids is 2. The Bertz CT molecular complexity index is 459. The van der Waals surface area contributed by atoms with Crippen molar-refractivity contribution in [2.75, 3.05) is 22.6 Å². The second-order valence-electron chi connectivity index (χ2n) is 4.46. The summed E-state index contributed by atoms with van der Waals surface area (Å²) in [5.41, 5.74) is 1.58. The summed E-state index contributed by atoms with van der Waals surface area (Å²) in [7, 11) is 0. The highest BCUT2D eigenvalue weighted by molar-refractivity contribution is 6.18. The zero-order valence-corrected chi connectivity index (χ0v) is 10.9. The minimum absolute atomic E-state index is 0.105. The lowest BCUT2D eigenvalue weighted by molar-refractivity contribution is -0.117. The molecular weight excluding hydrogens is 252 g/mol. The highest BCUT2D eigenvalue weighted by Crippen LogP contribution is 2.26. The lowest BCUT2D eigenvalue weighted by Crippen LogP contribution is -2.24. The standard InChI is InChI=1S/C13H15ClN2O2/c1-9(17)15-11-2-4-12(5-3-11)16-8-10(7-14)6-13(16)18/h2-5,10H,6-8H2,1H3,(H,15,17). The van der Waals surface area contributed by atoms with Gasteiger partial charge >= 0.3 is 0 Å². The van der Waals surface area contributed by atoms with Crippen molar-refractivity contribution in [3.8, 4) is 0 Å². The van der Waals surface area contributed by atoms with Crippen LogP contribution in [0.1, 0.15) is 13.3 Å². The summed E-state index contributed by atoms with van der Waals surface area (Å²) in [6.07, 6.45) is 0.511. The summed E-state index contributed by atoms with van der Waals surface area (Å²) in [4.78, 5) is 24.4. The fraction of sp³-hybridized carbons (Fsp3) is 0.385. The Morgan fingerprint density at radius 2 is 2.11 bits per heavy atom. The van der Waals surface area contributed by atoms with E-state index < -0.39 is 0 Å². The molecule has 0 spiro atoms. The van der Waals surface area contributed by atoms with Gasteiger partial charge in [-0.3, -0.25) is 9.59 Å². The first kappa shape index (κ1) is 12.9. The van der Waals surface area contributed by atoms with Crippen molar-refractivity contribution in [2.24, 2.45) is 5.92 Å². The normalized spacial score (nSPS) is 19.1. The van der Waals surface area contributed by atoms with Gasteiger partial charge in [-0.25, -0.2) is 0 Å². The van der Waals surface area contributed by atoms with Crippen LogP contribution in [-0.4, -0.2) is 24.2 Å². The Morgan fingerprint density at radius 1 is 1.44 bits per heavy atom. The first-order valence-corrected chi connectivity index (χ1v) is 6.37. The van der Waals surface area contributed by atoms with E-state index in [0.717, 1.165) is 11.4 Å². The Balaban J connectivity index is 2.10. The van der Waals surface area contributed by atoms with Gasteiger partial charge < -0.3 is 10.2 Å². The molecule has 0 aromatic heterocycles. The fourth-order valence-electron chi connectivity index (χ4n) is 2.06. The van der Waals surface area contributed by atoms with Crippen molar-refractivity contribution in [1.82, 2.24) is 0 Å². The van der Waals surface area contributed by atoms with Crippen molar-refractivity contribution in [1.29, 1.82) is 0 Å². The highest BCUT2D eigenvalue weighted by atomic mass is 35.5. The Labute approximate surface area is 111 Å². The van der Waals surface area contributed by atoms with Crippen molar-refractivity contribution in [3.05, 3.63) is 24.3 Å². The number of benzene rings is 1. The van der Waals surface area contributed by atoms with E-state index in [1.165, 1.54) is 6.92 Å². The van der Waals surface area contributed by atoms with Gasteiger partial charge in [-0.15, -0.1) is 11.6 Å². The molecule has 1 aromatic rings. The van der Waals surface area contributed by atoms with Gasteiger partial charge in [-0.05, 0) is 30.2 Å². The SMILES string of the molecule is CC(=O)Nc1ccc(N2CC(CCl)CC2=O)cc1. The molecule has 1 N–H and O–H groups in total. The smallest absolute Gasteiger partial charge is 0.227 e. The minimum atomic E-state index is -0.109. The van der Waals surface area contributed by atoms with Gasteiger partial charge in [0.1, 0.15) is 0 Å². The molecule has 18 heavy (non-hydrogen) atoms. The van der Waals surface area contributed by atoms with Crippen LogP contribution in [0.4, 0.5) is 11.4 Å². The number of alkyl halides is 1. The molecule has 1 aliphatic heterocycles. The zero-order valence-electron chi connectivity index (χ0n) is 10.1. The quantitative estimate of drug-likeness (QED) is 0.853. The highest BCUT2D eigenvalue weighted by Gasteiger charge is 2.29. The summed E-state index contributed by atoms with van der Waals surface area (Å²) in [5, 5.41) is 2.69. The number of hydrogen-bond donors (Lipinski definition) is 1. The molecule has 2 amide bonds. The number of anilines is 2. The van der Waals surface area contributed by atoms with Gasteiger partial charge in [0.15, 0.2) is 0 Å². The van der Waals surface area contributed by atoms with Crippen LogP contribution >= 0.6 is 11.6 Å². The van der Waals surface area contributed by atoms with Gasteiger partial charge in [0, 0.05) is 37.1 Å². The van der Waals surface area contributed by atoms with Gasteiger partial charge in [0.25, 0.3) is 0 Å². The van der Waals surface area contributed by atoms with Crippen LogP contribution in [-0.2, 0) is 9.59 Å². The molecule has 5 heteroatoms. The van der Waals surface area contributed by atoms with Crippen LogP contribution in [0, 0.1) is 5.92 Å². The third-order valence-electron chi connectivity index (χ3n) is 2.92. The maximum absolute atomic E-state index is 11.8. The largest absolute Gasteiger partial charge is 0.326 e. The van der Waals surface area contributed by atoms with Crippen LogP contribution in [0.3, 0.4) is 0 Å². The van der Waals surface area contributed by atoms with E-state index in [2.05, 4.69) is 5.32 Å². The van der Waals surface area contributed by atoms with Crippen LogP contribution < -0.4 is 10.2 Å². The molecule has 1 fully saturated rings. The minimum Gasteiger partial charge on any atom is -0.326 e. The van der Waals surface area contributed by atoms with Crippen molar-refractivity contribution in [3.63, 3.8) is 0 Å². The molecular formula is C13H15ClN2O2. The van der Waals surface area contributed by atoms with E-state index >= 15 is 0 Å². The molecule has 4 nitrogen and oxygen atoms in total. The topological polar surface area (TPSA) is 49.4 Å². The molecule has 96 valence electrons. The Morgan fingerprint density at radius 3 is 2.61 bits per heavy atom. The second-order valence-corrected chi connectivity index (χ2v) is 4.77. The molecule has 0 saturated carbocycles. The maximum atomic E-state index is 11.8. The molecule has 0 radical (unpaired) electrons. The van der Waals surface area contributed by atoms with Gasteiger partial charge in [0.2, 0.25) is 11.8 Å². The lowest BCUT2D eigenvalue weighted by Gasteiger charge is -2.16. The summed E-state index contributed by atoms with van der Waals surface area (Å²) in [6.45, 7) is 2.13. The van der Waals surface area contributed by atoms with E-state index in [-0.39, 0.29) is 17.7 Å². The van der Waals surface area contributed by atoms with Crippen molar-refractivity contribution < 1.29 is 9.59 Å².